The predicted molar refractivity (Wildman–Crippen MR) is 57.5 cm³/mol. The molecule has 1 heterocycles. The van der Waals surface area contributed by atoms with Crippen molar-refractivity contribution in [3.63, 3.8) is 0 Å². The summed E-state index contributed by atoms with van der Waals surface area (Å²) in [6.07, 6.45) is 0. The summed E-state index contributed by atoms with van der Waals surface area (Å²) in [5, 5.41) is 8.66. The molecule has 104 valence electrons. The Labute approximate surface area is 109 Å². The zero-order valence-electron chi connectivity index (χ0n) is 9.53. The van der Waals surface area contributed by atoms with E-state index in [0.717, 1.165) is 24.3 Å². The molecule has 0 aliphatic carbocycles. The lowest BCUT2D eigenvalue weighted by molar-refractivity contribution is 0.0697. The highest BCUT2D eigenvalue weighted by Crippen LogP contribution is 2.29. The fourth-order valence-electron chi connectivity index (χ4n) is 1.34. The van der Waals surface area contributed by atoms with Crippen molar-refractivity contribution in [2.75, 3.05) is 0 Å². The number of benzene rings is 1. The van der Waals surface area contributed by atoms with Crippen LogP contribution < -0.4 is 4.74 Å². The largest absolute Gasteiger partial charge is 0.478 e. The minimum absolute atomic E-state index is 0.0922. The van der Waals surface area contributed by atoms with Gasteiger partial charge in [0.1, 0.15) is 5.75 Å². The standard InChI is InChI=1S/C12H5F4NO3/c13-7-9(8(14)11(16)17-10(7)15)20-6-3-1-5(2-4-6)12(18)19/h1-4H,(H,18,19). The van der Waals surface area contributed by atoms with E-state index in [1.165, 1.54) is 0 Å². The molecule has 0 atom stereocenters. The summed E-state index contributed by atoms with van der Waals surface area (Å²) < 4.78 is 56.9. The number of carboxylic acids is 1. The van der Waals surface area contributed by atoms with Gasteiger partial charge in [-0.25, -0.2) is 4.79 Å². The molecule has 0 amide bonds. The third-order valence-corrected chi connectivity index (χ3v) is 2.28. The minimum Gasteiger partial charge on any atom is -0.478 e. The van der Waals surface area contributed by atoms with E-state index < -0.39 is 35.2 Å². The first kappa shape index (κ1) is 13.8. The normalized spacial score (nSPS) is 10.4. The lowest BCUT2D eigenvalue weighted by atomic mass is 10.2. The molecule has 2 aromatic rings. The van der Waals surface area contributed by atoms with Gasteiger partial charge in [-0.1, -0.05) is 0 Å². The van der Waals surface area contributed by atoms with Gasteiger partial charge in [-0.3, -0.25) is 0 Å². The van der Waals surface area contributed by atoms with Gasteiger partial charge in [0.2, 0.25) is 17.4 Å². The molecule has 2 rings (SSSR count). The van der Waals surface area contributed by atoms with Crippen molar-refractivity contribution < 1.29 is 32.2 Å². The molecule has 0 aliphatic rings. The Kier molecular flexibility index (Phi) is 3.55. The van der Waals surface area contributed by atoms with Crippen LogP contribution in [0, 0.1) is 23.5 Å². The van der Waals surface area contributed by atoms with Crippen LogP contribution in [0.1, 0.15) is 10.4 Å². The highest BCUT2D eigenvalue weighted by molar-refractivity contribution is 5.87. The number of aromatic carboxylic acids is 1. The van der Waals surface area contributed by atoms with Gasteiger partial charge < -0.3 is 9.84 Å². The van der Waals surface area contributed by atoms with Crippen molar-refractivity contribution >= 4 is 5.97 Å². The fraction of sp³-hybridized carbons (Fsp3) is 0. The number of hydrogen-bond donors (Lipinski definition) is 1. The maximum absolute atomic E-state index is 13.3. The number of pyridine rings is 1. The van der Waals surface area contributed by atoms with E-state index >= 15 is 0 Å². The summed E-state index contributed by atoms with van der Waals surface area (Å²) >= 11 is 0. The lowest BCUT2D eigenvalue weighted by Gasteiger charge is -2.08. The van der Waals surface area contributed by atoms with E-state index in [0.29, 0.717) is 0 Å². The molecule has 1 N–H and O–H groups in total. The van der Waals surface area contributed by atoms with Crippen molar-refractivity contribution in [1.82, 2.24) is 4.98 Å². The third kappa shape index (κ3) is 2.53. The highest BCUT2D eigenvalue weighted by atomic mass is 19.2. The van der Waals surface area contributed by atoms with E-state index in [2.05, 4.69) is 9.72 Å². The number of carboxylic acid groups (broad SMARTS) is 1. The van der Waals surface area contributed by atoms with Crippen molar-refractivity contribution in [2.45, 2.75) is 0 Å². The van der Waals surface area contributed by atoms with Gasteiger partial charge in [0.15, 0.2) is 0 Å². The maximum atomic E-state index is 13.3. The van der Waals surface area contributed by atoms with E-state index in [1.807, 2.05) is 0 Å². The molecule has 8 heteroatoms. The van der Waals surface area contributed by atoms with Gasteiger partial charge in [0, 0.05) is 0 Å². The van der Waals surface area contributed by atoms with Crippen LogP contribution >= 0.6 is 0 Å². The van der Waals surface area contributed by atoms with Gasteiger partial charge in [-0.15, -0.1) is 0 Å². The average Bonchev–Trinajstić information content (AvgIpc) is 2.42. The van der Waals surface area contributed by atoms with Crippen LogP contribution in [0.2, 0.25) is 0 Å². The van der Waals surface area contributed by atoms with E-state index in [-0.39, 0.29) is 11.3 Å². The minimum atomic E-state index is -1.85. The molecule has 0 spiro atoms. The monoisotopic (exact) mass is 287 g/mol. The number of halogens is 4. The van der Waals surface area contributed by atoms with Crippen LogP contribution in [-0.4, -0.2) is 16.1 Å². The van der Waals surface area contributed by atoms with Gasteiger partial charge in [0.05, 0.1) is 5.56 Å². The molecule has 20 heavy (non-hydrogen) atoms. The molecule has 1 aromatic heterocycles. The zero-order chi connectivity index (χ0) is 14.9. The fourth-order valence-corrected chi connectivity index (χ4v) is 1.34. The van der Waals surface area contributed by atoms with Crippen LogP contribution in [0.25, 0.3) is 0 Å². The van der Waals surface area contributed by atoms with Crippen LogP contribution in [0.15, 0.2) is 24.3 Å². The molecule has 4 nitrogen and oxygen atoms in total. The Hall–Kier alpha value is -2.64. The molecule has 0 fully saturated rings. The first-order valence-electron chi connectivity index (χ1n) is 5.11. The van der Waals surface area contributed by atoms with Crippen LogP contribution in [0.5, 0.6) is 11.5 Å². The Morgan fingerprint density at radius 2 is 1.50 bits per heavy atom. The van der Waals surface area contributed by atoms with E-state index in [1.54, 1.807) is 0 Å². The Balaban J connectivity index is 2.37. The molecular weight excluding hydrogens is 282 g/mol. The SMILES string of the molecule is O=C(O)c1ccc(Oc2c(F)c(F)nc(F)c2F)cc1. The topological polar surface area (TPSA) is 59.4 Å². The number of rotatable bonds is 3. The summed E-state index contributed by atoms with van der Waals surface area (Å²) in [5.74, 6) is -9.97. The van der Waals surface area contributed by atoms with E-state index in [4.69, 9.17) is 5.11 Å². The van der Waals surface area contributed by atoms with Gasteiger partial charge >= 0.3 is 5.97 Å². The summed E-state index contributed by atoms with van der Waals surface area (Å²) in [7, 11) is 0. The number of nitrogens with zero attached hydrogens (tertiary/aromatic N) is 1. The number of ether oxygens (including phenoxy) is 1. The first-order chi connectivity index (χ1) is 9.40. The molecular formula is C12H5F4NO3. The number of aromatic nitrogens is 1. The second-order valence-corrected chi connectivity index (χ2v) is 3.58. The summed E-state index contributed by atoms with van der Waals surface area (Å²) in [4.78, 5) is 13.0. The predicted octanol–water partition coefficient (Wildman–Crippen LogP) is 3.13. The Bertz CT molecular complexity index is 647. The summed E-state index contributed by atoms with van der Waals surface area (Å²) in [6, 6.07) is 4.36. The first-order valence-corrected chi connectivity index (χ1v) is 5.11. The Morgan fingerprint density at radius 3 is 1.95 bits per heavy atom. The van der Waals surface area contributed by atoms with Gasteiger partial charge in [-0.05, 0) is 24.3 Å². The van der Waals surface area contributed by atoms with Crippen molar-refractivity contribution in [3.05, 3.63) is 53.4 Å². The van der Waals surface area contributed by atoms with Crippen molar-refractivity contribution in [3.8, 4) is 11.5 Å². The van der Waals surface area contributed by atoms with Crippen LogP contribution in [0.4, 0.5) is 17.6 Å². The molecule has 0 radical (unpaired) electrons. The lowest BCUT2D eigenvalue weighted by Crippen LogP contribution is -2.03. The van der Waals surface area contributed by atoms with Crippen molar-refractivity contribution in [2.24, 2.45) is 0 Å². The van der Waals surface area contributed by atoms with Crippen LogP contribution in [-0.2, 0) is 0 Å². The molecule has 0 saturated heterocycles. The Morgan fingerprint density at radius 1 is 1.00 bits per heavy atom. The molecule has 0 unspecified atom stereocenters. The van der Waals surface area contributed by atoms with Gasteiger partial charge in [0.25, 0.3) is 11.9 Å². The second kappa shape index (κ2) is 5.16. The van der Waals surface area contributed by atoms with Crippen molar-refractivity contribution in [1.29, 1.82) is 0 Å². The number of carbonyl (C=O) groups is 1. The molecule has 1 aromatic carbocycles. The molecule has 0 aliphatic heterocycles. The van der Waals surface area contributed by atoms with E-state index in [9.17, 15) is 22.4 Å². The van der Waals surface area contributed by atoms with Gasteiger partial charge in [-0.2, -0.15) is 22.5 Å². The highest BCUT2D eigenvalue weighted by Gasteiger charge is 2.22. The molecule has 0 saturated carbocycles. The quantitative estimate of drug-likeness (QED) is 0.696. The zero-order valence-corrected chi connectivity index (χ0v) is 9.53. The third-order valence-electron chi connectivity index (χ3n) is 2.28. The maximum Gasteiger partial charge on any atom is 0.335 e. The summed E-state index contributed by atoms with van der Waals surface area (Å²) in [5.41, 5.74) is -0.0922. The smallest absolute Gasteiger partial charge is 0.335 e. The average molecular weight is 287 g/mol. The van der Waals surface area contributed by atoms with Crippen LogP contribution in [0.3, 0.4) is 0 Å². The second-order valence-electron chi connectivity index (χ2n) is 3.58. The number of hydrogen-bond acceptors (Lipinski definition) is 3. The summed E-state index contributed by atoms with van der Waals surface area (Å²) in [6.45, 7) is 0. The molecule has 0 bridgehead atoms.